The number of benzene rings is 1. The second kappa shape index (κ2) is 8.35. The van der Waals surface area contributed by atoms with Crippen molar-refractivity contribution in [2.24, 2.45) is 0 Å². The van der Waals surface area contributed by atoms with E-state index in [9.17, 15) is 9.59 Å². The quantitative estimate of drug-likeness (QED) is 0.815. The topological polar surface area (TPSA) is 64.7 Å². The number of urea groups is 2. The molecule has 26 heavy (non-hydrogen) atoms. The molecule has 1 atom stereocenters. The van der Waals surface area contributed by atoms with Crippen molar-refractivity contribution in [2.45, 2.75) is 44.3 Å². The van der Waals surface area contributed by atoms with Crippen molar-refractivity contribution in [1.29, 1.82) is 0 Å². The lowest BCUT2D eigenvalue weighted by atomic mass is 10.0. The third-order valence-electron chi connectivity index (χ3n) is 4.89. The average molecular weight is 399 g/mol. The van der Waals surface area contributed by atoms with Crippen LogP contribution in [-0.4, -0.2) is 54.1 Å². The molecule has 6 nitrogen and oxygen atoms in total. The van der Waals surface area contributed by atoms with Crippen molar-refractivity contribution in [3.63, 3.8) is 0 Å². The summed E-state index contributed by atoms with van der Waals surface area (Å²) in [5, 5.41) is 6.63. The first-order valence-electron chi connectivity index (χ1n) is 8.96. The normalized spacial score (nSPS) is 19.8. The zero-order valence-electron chi connectivity index (χ0n) is 14.8. The number of nitrogens with one attached hydrogen (secondary N) is 2. The minimum absolute atomic E-state index is 0.0458. The fourth-order valence-electron chi connectivity index (χ4n) is 3.42. The van der Waals surface area contributed by atoms with E-state index in [2.05, 4.69) is 10.6 Å². The Kier molecular flexibility index (Phi) is 6.14. The molecule has 2 fully saturated rings. The van der Waals surface area contributed by atoms with Crippen LogP contribution < -0.4 is 10.6 Å². The number of hydrogen-bond donors (Lipinski definition) is 2. The molecule has 4 amide bonds. The van der Waals surface area contributed by atoms with Gasteiger partial charge in [-0.1, -0.05) is 29.3 Å². The second-order valence-electron chi connectivity index (χ2n) is 6.84. The number of carbonyl (C=O) groups is 2. The zero-order chi connectivity index (χ0) is 18.7. The highest BCUT2D eigenvalue weighted by molar-refractivity contribution is 6.42. The van der Waals surface area contributed by atoms with Gasteiger partial charge in [0.1, 0.15) is 0 Å². The molecular weight excluding hydrogens is 375 g/mol. The maximum absolute atomic E-state index is 12.6. The number of hydrogen-bond acceptors (Lipinski definition) is 2. The van der Waals surface area contributed by atoms with Crippen LogP contribution in [0.5, 0.6) is 0 Å². The highest BCUT2D eigenvalue weighted by Crippen LogP contribution is 2.31. The molecule has 1 saturated heterocycles. The molecule has 142 valence electrons. The zero-order valence-corrected chi connectivity index (χ0v) is 16.3. The third-order valence-corrected chi connectivity index (χ3v) is 5.63. The summed E-state index contributed by atoms with van der Waals surface area (Å²) >= 11 is 11.9. The van der Waals surface area contributed by atoms with Crippen molar-refractivity contribution < 1.29 is 9.59 Å². The van der Waals surface area contributed by atoms with Gasteiger partial charge in [-0.15, -0.1) is 0 Å². The highest BCUT2D eigenvalue weighted by Gasteiger charge is 2.39. The molecule has 1 heterocycles. The lowest BCUT2D eigenvalue weighted by molar-refractivity contribution is 0.116. The molecule has 0 spiro atoms. The molecule has 2 N–H and O–H groups in total. The predicted molar refractivity (Wildman–Crippen MR) is 103 cm³/mol. The van der Waals surface area contributed by atoms with E-state index in [1.165, 1.54) is 0 Å². The minimum atomic E-state index is -0.117. The molecular formula is C18H24Cl2N4O2. The Morgan fingerprint density at radius 2 is 1.96 bits per heavy atom. The van der Waals surface area contributed by atoms with Gasteiger partial charge in [-0.3, -0.25) is 0 Å². The van der Waals surface area contributed by atoms with Crippen LogP contribution in [0.25, 0.3) is 0 Å². The van der Waals surface area contributed by atoms with E-state index in [4.69, 9.17) is 23.2 Å². The summed E-state index contributed by atoms with van der Waals surface area (Å²) in [6.07, 6.45) is 3.92. The fourth-order valence-corrected chi connectivity index (χ4v) is 3.74. The summed E-state index contributed by atoms with van der Waals surface area (Å²) in [4.78, 5) is 28.5. The Morgan fingerprint density at radius 3 is 2.62 bits per heavy atom. The van der Waals surface area contributed by atoms with Gasteiger partial charge >= 0.3 is 12.1 Å². The van der Waals surface area contributed by atoms with Gasteiger partial charge in [0, 0.05) is 32.7 Å². The lowest BCUT2D eigenvalue weighted by Crippen LogP contribution is -2.55. The molecule has 1 aromatic carbocycles. The number of carbonyl (C=O) groups excluding carboxylic acids is 2. The van der Waals surface area contributed by atoms with Crippen LogP contribution in [0.15, 0.2) is 18.2 Å². The van der Waals surface area contributed by atoms with Gasteiger partial charge in [0.15, 0.2) is 0 Å². The molecule has 0 bridgehead atoms. The standard InChI is InChI=1S/C18H24Cl2N4O2/c1-21-17(25)24(13-5-6-13)14-3-2-8-23(11-14)18(26)22-10-12-4-7-15(19)16(20)9-12/h4,7,9,13-14H,2-3,5-6,8,10-11H2,1H3,(H,21,25)(H,22,26)/t14-/m1/s1. The van der Waals surface area contributed by atoms with Crippen LogP contribution >= 0.6 is 23.2 Å². The number of amides is 4. The van der Waals surface area contributed by atoms with E-state index < -0.39 is 0 Å². The Morgan fingerprint density at radius 1 is 1.19 bits per heavy atom. The Labute approximate surface area is 163 Å². The fraction of sp³-hybridized carbons (Fsp3) is 0.556. The van der Waals surface area contributed by atoms with Gasteiger partial charge in [-0.2, -0.15) is 0 Å². The summed E-state index contributed by atoms with van der Waals surface area (Å²) in [6, 6.07) is 5.55. The van der Waals surface area contributed by atoms with Gasteiger partial charge in [0.25, 0.3) is 0 Å². The molecule has 3 rings (SSSR count). The molecule has 1 aliphatic carbocycles. The van der Waals surface area contributed by atoms with Gasteiger partial charge in [0.05, 0.1) is 16.1 Å². The molecule has 8 heteroatoms. The van der Waals surface area contributed by atoms with Crippen molar-refractivity contribution in [3.8, 4) is 0 Å². The van der Waals surface area contributed by atoms with Crippen LogP contribution in [-0.2, 0) is 6.54 Å². The maximum Gasteiger partial charge on any atom is 0.317 e. The van der Waals surface area contributed by atoms with E-state index in [1.807, 2.05) is 11.0 Å². The summed E-state index contributed by atoms with van der Waals surface area (Å²) < 4.78 is 0. The molecule has 1 aromatic rings. The van der Waals surface area contributed by atoms with Gasteiger partial charge in [0.2, 0.25) is 0 Å². The summed E-state index contributed by atoms with van der Waals surface area (Å²) in [5.74, 6) is 0. The first-order chi connectivity index (χ1) is 12.5. The molecule has 0 radical (unpaired) electrons. The van der Waals surface area contributed by atoms with Crippen LogP contribution in [0.4, 0.5) is 9.59 Å². The van der Waals surface area contributed by atoms with E-state index in [1.54, 1.807) is 24.1 Å². The third kappa shape index (κ3) is 4.54. The molecule has 1 saturated carbocycles. The molecule has 2 aliphatic rings. The number of halogens is 2. The molecule has 0 unspecified atom stereocenters. The molecule has 1 aliphatic heterocycles. The van der Waals surface area contributed by atoms with Gasteiger partial charge in [-0.05, 0) is 43.4 Å². The second-order valence-corrected chi connectivity index (χ2v) is 7.66. The number of piperidine rings is 1. The van der Waals surface area contributed by atoms with Crippen LogP contribution in [0.2, 0.25) is 10.0 Å². The van der Waals surface area contributed by atoms with E-state index in [-0.39, 0.29) is 18.1 Å². The van der Waals surface area contributed by atoms with Crippen molar-refractivity contribution in [3.05, 3.63) is 33.8 Å². The van der Waals surface area contributed by atoms with Crippen molar-refractivity contribution in [2.75, 3.05) is 20.1 Å². The molecule has 0 aromatic heterocycles. The Hall–Kier alpha value is -1.66. The number of likely N-dealkylation sites (tertiary alicyclic amines) is 1. The average Bonchev–Trinajstić information content (AvgIpc) is 3.47. The number of rotatable bonds is 4. The van der Waals surface area contributed by atoms with Gasteiger partial charge in [-0.25, -0.2) is 9.59 Å². The summed E-state index contributed by atoms with van der Waals surface area (Å²) in [6.45, 7) is 1.66. The largest absolute Gasteiger partial charge is 0.341 e. The first kappa shape index (κ1) is 19.1. The van der Waals surface area contributed by atoms with E-state index in [0.717, 1.165) is 31.2 Å². The summed E-state index contributed by atoms with van der Waals surface area (Å²) in [7, 11) is 1.66. The Bertz CT molecular complexity index is 681. The SMILES string of the molecule is CNC(=O)N(C1CC1)[C@@H]1CCCN(C(=O)NCc2ccc(Cl)c(Cl)c2)C1. The first-order valence-corrected chi connectivity index (χ1v) is 9.72. The number of nitrogens with zero attached hydrogens (tertiary/aromatic N) is 2. The Balaban J connectivity index is 1.57. The summed E-state index contributed by atoms with van der Waals surface area (Å²) in [5.41, 5.74) is 0.895. The van der Waals surface area contributed by atoms with Crippen LogP contribution in [0, 0.1) is 0 Å². The monoisotopic (exact) mass is 398 g/mol. The highest BCUT2D eigenvalue weighted by atomic mass is 35.5. The minimum Gasteiger partial charge on any atom is -0.341 e. The van der Waals surface area contributed by atoms with E-state index >= 15 is 0 Å². The lowest BCUT2D eigenvalue weighted by Gasteiger charge is -2.39. The van der Waals surface area contributed by atoms with Crippen LogP contribution in [0.3, 0.4) is 0 Å². The van der Waals surface area contributed by atoms with Crippen molar-refractivity contribution in [1.82, 2.24) is 20.4 Å². The predicted octanol–water partition coefficient (Wildman–Crippen LogP) is 3.47. The smallest absolute Gasteiger partial charge is 0.317 e. The van der Waals surface area contributed by atoms with Gasteiger partial charge < -0.3 is 20.4 Å². The van der Waals surface area contributed by atoms with Crippen LogP contribution in [0.1, 0.15) is 31.2 Å². The van der Waals surface area contributed by atoms with E-state index in [0.29, 0.717) is 35.7 Å². The maximum atomic E-state index is 12.6. The van der Waals surface area contributed by atoms with Crippen molar-refractivity contribution >= 4 is 35.3 Å².